The third kappa shape index (κ3) is 7370. The maximum absolute atomic E-state index is 8.74. The minimum absolute atomic E-state index is 1.75. The van der Waals surface area contributed by atoms with Crippen molar-refractivity contribution in [3.8, 4) is 0 Å². The van der Waals surface area contributed by atoms with Crippen LogP contribution >= 0.6 is 8.25 Å². The Labute approximate surface area is 43.3 Å². The first-order chi connectivity index (χ1) is 3.15. The van der Waals surface area contributed by atoms with E-state index in [0.29, 0.717) is 0 Å². The highest BCUT2D eigenvalue weighted by atomic mass is 31.1. The van der Waals surface area contributed by atoms with Gasteiger partial charge in [-0.25, -0.2) is 0 Å². The van der Waals surface area contributed by atoms with Crippen molar-refractivity contribution in [1.82, 2.24) is 0 Å². The molecule has 0 spiro atoms. The lowest BCUT2D eigenvalue weighted by atomic mass is 10.8. The Kier molecular flexibility index (Phi) is 13.3. The first kappa shape index (κ1) is 10.00. The molecule has 0 aromatic carbocycles. The Morgan fingerprint density at radius 1 is 1.71 bits per heavy atom. The Balaban J connectivity index is 0. The van der Waals surface area contributed by atoms with Gasteiger partial charge in [0, 0.05) is 0 Å². The lowest BCUT2D eigenvalue weighted by Gasteiger charge is -1.61. The SMILES string of the molecule is C=CC.O=[PH](O)O. The molecule has 0 bridgehead atoms. The first-order valence-corrected chi connectivity index (χ1v) is 2.94. The van der Waals surface area contributed by atoms with E-state index in [0.717, 1.165) is 0 Å². The predicted octanol–water partition coefficient (Wildman–Crippen LogP) is 0.553. The van der Waals surface area contributed by atoms with Crippen LogP contribution in [-0.2, 0) is 4.57 Å². The van der Waals surface area contributed by atoms with E-state index in [-0.39, 0.29) is 0 Å². The predicted molar refractivity (Wildman–Crippen MR) is 29.3 cm³/mol. The van der Waals surface area contributed by atoms with Crippen LogP contribution in [0.5, 0.6) is 0 Å². The van der Waals surface area contributed by atoms with Gasteiger partial charge in [0.05, 0.1) is 0 Å². The topological polar surface area (TPSA) is 57.5 Å². The summed E-state index contributed by atoms with van der Waals surface area (Å²) in [6.07, 6.45) is 1.75. The summed E-state index contributed by atoms with van der Waals surface area (Å²) in [6.45, 7) is 5.25. The summed E-state index contributed by atoms with van der Waals surface area (Å²) in [4.78, 5) is 14.3. The fraction of sp³-hybridized carbons (Fsp3) is 0.333. The molecule has 0 aliphatic carbocycles. The Morgan fingerprint density at radius 2 is 1.71 bits per heavy atom. The molecule has 0 fully saturated rings. The molecule has 0 heterocycles. The highest BCUT2D eigenvalue weighted by molar-refractivity contribution is 7.30. The van der Waals surface area contributed by atoms with Crippen LogP contribution in [0.2, 0.25) is 0 Å². The van der Waals surface area contributed by atoms with Gasteiger partial charge < -0.3 is 9.79 Å². The zero-order chi connectivity index (χ0) is 6.28. The molecule has 0 unspecified atom stereocenters. The minimum atomic E-state index is -3.13. The molecule has 0 radical (unpaired) electrons. The summed E-state index contributed by atoms with van der Waals surface area (Å²) in [5.41, 5.74) is 0. The van der Waals surface area contributed by atoms with Crippen LogP contribution in [-0.4, -0.2) is 9.79 Å². The van der Waals surface area contributed by atoms with Crippen LogP contribution in [0.25, 0.3) is 0 Å². The number of rotatable bonds is 0. The summed E-state index contributed by atoms with van der Waals surface area (Å²) < 4.78 is 8.74. The molecule has 0 aliphatic rings. The van der Waals surface area contributed by atoms with Crippen molar-refractivity contribution < 1.29 is 14.4 Å². The van der Waals surface area contributed by atoms with Crippen molar-refractivity contribution in [3.05, 3.63) is 12.7 Å². The van der Waals surface area contributed by atoms with Crippen molar-refractivity contribution in [2.75, 3.05) is 0 Å². The molecule has 0 aliphatic heterocycles. The van der Waals surface area contributed by atoms with E-state index in [1.165, 1.54) is 0 Å². The van der Waals surface area contributed by atoms with Gasteiger partial charge in [0.25, 0.3) is 0 Å². The minimum Gasteiger partial charge on any atom is -0.326 e. The lowest BCUT2D eigenvalue weighted by Crippen LogP contribution is -1.38. The van der Waals surface area contributed by atoms with Gasteiger partial charge in [-0.2, -0.15) is 0 Å². The van der Waals surface area contributed by atoms with Crippen LogP contribution in [0.15, 0.2) is 12.7 Å². The number of allylic oxidation sites excluding steroid dienone is 1. The van der Waals surface area contributed by atoms with Gasteiger partial charge in [0.2, 0.25) is 0 Å². The summed E-state index contributed by atoms with van der Waals surface area (Å²) in [7, 11) is -3.13. The highest BCUT2D eigenvalue weighted by Crippen LogP contribution is 1.98. The van der Waals surface area contributed by atoms with Gasteiger partial charge in [0.1, 0.15) is 0 Å². The standard InChI is InChI=1S/C3H6.H3O3P/c1-3-2;1-4(2)3/h3H,1H2,2H3;4H,(H2,1,2,3). The first-order valence-electron chi connectivity index (χ1n) is 1.64. The van der Waals surface area contributed by atoms with Crippen molar-refractivity contribution in [1.29, 1.82) is 0 Å². The molecule has 44 valence electrons. The van der Waals surface area contributed by atoms with Crippen molar-refractivity contribution in [3.63, 3.8) is 0 Å². The van der Waals surface area contributed by atoms with E-state index >= 15 is 0 Å². The van der Waals surface area contributed by atoms with E-state index < -0.39 is 8.25 Å². The van der Waals surface area contributed by atoms with Gasteiger partial charge in [-0.3, -0.25) is 4.57 Å². The number of hydrogen-bond acceptors (Lipinski definition) is 1. The summed E-state index contributed by atoms with van der Waals surface area (Å²) in [5.74, 6) is 0. The average molecular weight is 124 g/mol. The van der Waals surface area contributed by atoms with E-state index in [9.17, 15) is 0 Å². The van der Waals surface area contributed by atoms with E-state index in [1.54, 1.807) is 6.08 Å². The second kappa shape index (κ2) is 9.31. The van der Waals surface area contributed by atoms with Crippen molar-refractivity contribution in [2.24, 2.45) is 0 Å². The largest absolute Gasteiger partial charge is 0.326 e. The van der Waals surface area contributed by atoms with Crippen molar-refractivity contribution in [2.45, 2.75) is 6.92 Å². The molecular weight excluding hydrogens is 115 g/mol. The zero-order valence-corrected chi connectivity index (χ0v) is 5.09. The van der Waals surface area contributed by atoms with Gasteiger partial charge in [-0.1, -0.05) is 6.08 Å². The number of hydrogen-bond donors (Lipinski definition) is 2. The van der Waals surface area contributed by atoms with Gasteiger partial charge in [-0.15, -0.1) is 6.58 Å². The molecule has 0 aromatic rings. The van der Waals surface area contributed by atoms with Crippen molar-refractivity contribution >= 4 is 8.25 Å². The average Bonchev–Trinajstić information content (AvgIpc) is 1.33. The molecule has 0 atom stereocenters. The maximum Gasteiger partial charge on any atom is 0.314 e. The Hall–Kier alpha value is -0.110. The lowest BCUT2D eigenvalue weighted by molar-refractivity contribution is 0.405. The molecule has 4 heteroatoms. The van der Waals surface area contributed by atoms with Gasteiger partial charge in [-0.05, 0) is 6.92 Å². The van der Waals surface area contributed by atoms with E-state index in [2.05, 4.69) is 6.58 Å². The highest BCUT2D eigenvalue weighted by Gasteiger charge is 1.61. The zero-order valence-electron chi connectivity index (χ0n) is 4.09. The molecular formula is C3H9O3P. The third-order valence-electron chi connectivity index (χ3n) is 0. The maximum atomic E-state index is 8.74. The van der Waals surface area contributed by atoms with Gasteiger partial charge >= 0.3 is 8.25 Å². The molecule has 0 saturated carbocycles. The second-order valence-electron chi connectivity index (χ2n) is 0.691. The summed E-state index contributed by atoms with van der Waals surface area (Å²) in [6, 6.07) is 0. The second-order valence-corrected chi connectivity index (χ2v) is 1.26. The van der Waals surface area contributed by atoms with Crippen LogP contribution in [0.4, 0.5) is 0 Å². The van der Waals surface area contributed by atoms with Crippen LogP contribution < -0.4 is 0 Å². The summed E-state index contributed by atoms with van der Waals surface area (Å²) >= 11 is 0. The molecule has 0 aromatic heterocycles. The summed E-state index contributed by atoms with van der Waals surface area (Å²) in [5, 5.41) is 0. The van der Waals surface area contributed by atoms with Crippen LogP contribution in [0.1, 0.15) is 6.92 Å². The fourth-order valence-corrected chi connectivity index (χ4v) is 0. The monoisotopic (exact) mass is 124 g/mol. The fourth-order valence-electron chi connectivity index (χ4n) is 0. The van der Waals surface area contributed by atoms with Crippen LogP contribution in [0, 0.1) is 0 Å². The molecule has 7 heavy (non-hydrogen) atoms. The Bertz CT molecular complexity index is 57.2. The quantitative estimate of drug-likeness (QED) is 0.366. The Morgan fingerprint density at radius 3 is 1.71 bits per heavy atom. The van der Waals surface area contributed by atoms with E-state index in [1.807, 2.05) is 6.92 Å². The van der Waals surface area contributed by atoms with Crippen LogP contribution in [0.3, 0.4) is 0 Å². The molecule has 0 amide bonds. The van der Waals surface area contributed by atoms with E-state index in [4.69, 9.17) is 14.4 Å². The third-order valence-corrected chi connectivity index (χ3v) is 0. The normalized spacial score (nSPS) is 6.86. The molecule has 0 saturated heterocycles. The molecule has 2 N–H and O–H groups in total. The molecule has 3 nitrogen and oxygen atoms in total. The smallest absolute Gasteiger partial charge is 0.314 e. The molecule has 0 rings (SSSR count). The van der Waals surface area contributed by atoms with Gasteiger partial charge in [0.15, 0.2) is 0 Å².